The second-order valence-electron chi connectivity index (χ2n) is 9.28. The molecule has 1 unspecified atom stereocenters. The van der Waals surface area contributed by atoms with Crippen molar-refractivity contribution in [2.24, 2.45) is 5.73 Å². The minimum absolute atomic E-state index is 0.0453. The summed E-state index contributed by atoms with van der Waals surface area (Å²) in [5.74, 6) is -1.64. The second-order valence-corrected chi connectivity index (χ2v) is 10.1. The van der Waals surface area contributed by atoms with E-state index < -0.39 is 17.9 Å². The number of aromatic amines is 1. The van der Waals surface area contributed by atoms with Gasteiger partial charge in [-0.15, -0.1) is 0 Å². The number of hydrogen-bond donors (Lipinski definition) is 4. The molecule has 2 heterocycles. The van der Waals surface area contributed by atoms with Gasteiger partial charge < -0.3 is 21.8 Å². The van der Waals surface area contributed by atoms with E-state index in [-0.39, 0.29) is 28.2 Å². The fourth-order valence-corrected chi connectivity index (χ4v) is 5.75. The minimum Gasteiger partial charge on any atom is -0.395 e. The van der Waals surface area contributed by atoms with Crippen LogP contribution in [0.2, 0.25) is 0 Å². The van der Waals surface area contributed by atoms with Gasteiger partial charge in [0.1, 0.15) is 10.9 Å². The predicted octanol–water partition coefficient (Wildman–Crippen LogP) is 4.06. The van der Waals surface area contributed by atoms with Crippen molar-refractivity contribution in [3.8, 4) is 0 Å². The summed E-state index contributed by atoms with van der Waals surface area (Å²) in [6.07, 6.45) is 5.67. The van der Waals surface area contributed by atoms with Gasteiger partial charge in [-0.25, -0.2) is 0 Å². The van der Waals surface area contributed by atoms with Gasteiger partial charge >= 0.3 is 0 Å². The highest BCUT2D eigenvalue weighted by Gasteiger charge is 2.38. The molecule has 4 aromatic rings. The van der Waals surface area contributed by atoms with Gasteiger partial charge in [-0.05, 0) is 49.0 Å². The third kappa shape index (κ3) is 4.55. The number of carbonyl (C=O) groups excluding carboxylic acids is 3. The van der Waals surface area contributed by atoms with Crippen LogP contribution in [0.1, 0.15) is 63.0 Å². The number of carbonyl (C=O) groups is 3. The molecule has 3 amide bonds. The average molecular weight is 517 g/mol. The van der Waals surface area contributed by atoms with Gasteiger partial charge in [0.15, 0.2) is 5.69 Å². The third-order valence-electron chi connectivity index (χ3n) is 6.87. The molecule has 1 atom stereocenters. The highest BCUT2D eigenvalue weighted by molar-refractivity contribution is 7.09. The summed E-state index contributed by atoms with van der Waals surface area (Å²) in [6.45, 7) is 1.88. The Kier molecular flexibility index (Phi) is 6.66. The van der Waals surface area contributed by atoms with Crippen molar-refractivity contribution in [2.45, 2.75) is 44.7 Å². The Morgan fingerprint density at radius 1 is 1.11 bits per heavy atom. The van der Waals surface area contributed by atoms with E-state index in [1.54, 1.807) is 12.3 Å². The highest BCUT2D eigenvalue weighted by atomic mass is 32.1. The first-order valence-electron chi connectivity index (χ1n) is 12.2. The maximum Gasteiger partial charge on any atom is 0.273 e. The SMILES string of the molecule is Cc1ccccc1N(C(=O)c1snc(C(N)=O)c1N)C(C(=O)NC1CCCC1)c1c[nH]c2ccccc12. The number of fused-ring (bicyclic) bond motifs is 1. The third-order valence-corrected chi connectivity index (χ3v) is 7.72. The van der Waals surface area contributed by atoms with Crippen molar-refractivity contribution >= 4 is 51.5 Å². The Bertz CT molecular complexity index is 1490. The summed E-state index contributed by atoms with van der Waals surface area (Å²) in [5.41, 5.74) is 14.2. The van der Waals surface area contributed by atoms with Crippen LogP contribution >= 0.6 is 11.5 Å². The van der Waals surface area contributed by atoms with Crippen molar-refractivity contribution in [1.29, 1.82) is 0 Å². The number of nitrogen functional groups attached to an aromatic ring is 1. The van der Waals surface area contributed by atoms with E-state index in [1.807, 2.05) is 49.4 Å². The van der Waals surface area contributed by atoms with Crippen LogP contribution in [-0.2, 0) is 4.79 Å². The Morgan fingerprint density at radius 3 is 2.51 bits per heavy atom. The molecule has 0 bridgehead atoms. The van der Waals surface area contributed by atoms with E-state index in [0.717, 1.165) is 53.7 Å². The fraction of sp³-hybridized carbons (Fsp3) is 0.259. The van der Waals surface area contributed by atoms with Crippen molar-refractivity contribution in [2.75, 3.05) is 10.6 Å². The number of nitrogens with two attached hydrogens (primary N) is 2. The molecule has 0 spiro atoms. The standard InChI is InChI=1S/C27H28N6O3S/c1-15-8-2-7-13-20(15)33(27(36)24-21(28)22(25(29)34)32-37-24)23(26(35)31-16-9-3-4-10-16)18-14-30-19-12-6-5-11-17(18)19/h2,5-8,11-14,16,23,30H,3-4,9-10,28H2,1H3,(H2,29,34)(H,31,35). The summed E-state index contributed by atoms with van der Waals surface area (Å²) >= 11 is 0.798. The van der Waals surface area contributed by atoms with Gasteiger partial charge in [0.05, 0.1) is 5.69 Å². The van der Waals surface area contributed by atoms with E-state index in [9.17, 15) is 14.4 Å². The number of benzene rings is 2. The molecule has 190 valence electrons. The molecule has 1 fully saturated rings. The topological polar surface area (TPSA) is 147 Å². The summed E-state index contributed by atoms with van der Waals surface area (Å²) in [5, 5.41) is 4.01. The number of primary amides is 1. The van der Waals surface area contributed by atoms with Crippen LogP contribution in [-0.4, -0.2) is 33.1 Å². The molecule has 5 rings (SSSR count). The number of aromatic nitrogens is 2. The molecular weight excluding hydrogens is 488 g/mol. The van der Waals surface area contributed by atoms with Gasteiger partial charge in [-0.3, -0.25) is 19.3 Å². The quantitative estimate of drug-likeness (QED) is 0.292. The Morgan fingerprint density at radius 2 is 1.81 bits per heavy atom. The number of nitrogens with zero attached hydrogens (tertiary/aromatic N) is 2. The van der Waals surface area contributed by atoms with Crippen LogP contribution in [0.15, 0.2) is 54.7 Å². The van der Waals surface area contributed by atoms with Gasteiger partial charge in [-0.1, -0.05) is 49.2 Å². The predicted molar refractivity (Wildman–Crippen MR) is 144 cm³/mol. The summed E-state index contributed by atoms with van der Waals surface area (Å²) in [7, 11) is 0. The molecule has 2 aromatic carbocycles. The number of hydrogen-bond acceptors (Lipinski definition) is 6. The first-order valence-corrected chi connectivity index (χ1v) is 12.9. The molecule has 10 heteroatoms. The largest absolute Gasteiger partial charge is 0.395 e. The van der Waals surface area contributed by atoms with Gasteiger partial charge in [0.2, 0.25) is 5.91 Å². The van der Waals surface area contributed by atoms with E-state index >= 15 is 0 Å². The Hall–Kier alpha value is -4.18. The summed E-state index contributed by atoms with van der Waals surface area (Å²) < 4.78 is 4.02. The minimum atomic E-state index is -1.01. The summed E-state index contributed by atoms with van der Waals surface area (Å²) in [4.78, 5) is 44.9. The van der Waals surface area contributed by atoms with Crippen molar-refractivity contribution in [1.82, 2.24) is 14.7 Å². The Balaban J connectivity index is 1.70. The average Bonchev–Trinajstić information content (AvgIpc) is 3.63. The lowest BCUT2D eigenvalue weighted by Gasteiger charge is -2.32. The lowest BCUT2D eigenvalue weighted by Crippen LogP contribution is -2.46. The molecule has 0 aliphatic heterocycles. The van der Waals surface area contributed by atoms with E-state index in [4.69, 9.17) is 11.5 Å². The Labute approximate surface area is 218 Å². The monoisotopic (exact) mass is 516 g/mol. The zero-order valence-electron chi connectivity index (χ0n) is 20.4. The molecule has 1 aliphatic carbocycles. The van der Waals surface area contributed by atoms with Crippen LogP contribution in [0.4, 0.5) is 11.4 Å². The normalized spacial score (nSPS) is 14.5. The first-order chi connectivity index (χ1) is 17.9. The van der Waals surface area contributed by atoms with E-state index in [1.165, 1.54) is 4.90 Å². The summed E-state index contributed by atoms with van der Waals surface area (Å²) in [6, 6.07) is 14.0. The highest BCUT2D eigenvalue weighted by Crippen LogP contribution is 2.37. The van der Waals surface area contributed by atoms with E-state index in [2.05, 4.69) is 14.7 Å². The van der Waals surface area contributed by atoms with Crippen molar-refractivity contribution in [3.63, 3.8) is 0 Å². The molecule has 9 nitrogen and oxygen atoms in total. The first kappa shape index (κ1) is 24.5. The van der Waals surface area contributed by atoms with Crippen LogP contribution in [0.3, 0.4) is 0 Å². The molecule has 37 heavy (non-hydrogen) atoms. The van der Waals surface area contributed by atoms with Crippen molar-refractivity contribution < 1.29 is 14.4 Å². The molecule has 0 saturated heterocycles. The number of para-hydroxylation sites is 2. The van der Waals surface area contributed by atoms with Crippen LogP contribution < -0.4 is 21.7 Å². The number of amides is 3. The number of aryl methyl sites for hydroxylation is 1. The molecule has 2 aromatic heterocycles. The molecular formula is C27H28N6O3S. The number of H-pyrrole nitrogens is 1. The van der Waals surface area contributed by atoms with Crippen molar-refractivity contribution in [3.05, 3.63) is 76.4 Å². The zero-order valence-corrected chi connectivity index (χ0v) is 21.2. The molecule has 6 N–H and O–H groups in total. The second kappa shape index (κ2) is 10.1. The zero-order chi connectivity index (χ0) is 26.1. The van der Waals surface area contributed by atoms with Crippen LogP contribution in [0.5, 0.6) is 0 Å². The smallest absolute Gasteiger partial charge is 0.273 e. The lowest BCUT2D eigenvalue weighted by atomic mass is 10.00. The van der Waals surface area contributed by atoms with Gasteiger partial charge in [-0.2, -0.15) is 4.37 Å². The van der Waals surface area contributed by atoms with Gasteiger partial charge in [0, 0.05) is 34.4 Å². The number of rotatable bonds is 7. The molecule has 1 aliphatic rings. The fourth-order valence-electron chi connectivity index (χ4n) is 5.01. The number of anilines is 2. The lowest BCUT2D eigenvalue weighted by molar-refractivity contribution is -0.123. The maximum absolute atomic E-state index is 14.2. The van der Waals surface area contributed by atoms with Crippen LogP contribution in [0.25, 0.3) is 10.9 Å². The molecule has 1 saturated carbocycles. The van der Waals surface area contributed by atoms with Crippen LogP contribution in [0, 0.1) is 6.92 Å². The maximum atomic E-state index is 14.2. The number of nitrogens with one attached hydrogen (secondary N) is 2. The van der Waals surface area contributed by atoms with E-state index in [0.29, 0.717) is 11.3 Å². The van der Waals surface area contributed by atoms with Gasteiger partial charge in [0.25, 0.3) is 11.8 Å². The molecule has 0 radical (unpaired) electrons.